The lowest BCUT2D eigenvalue weighted by Gasteiger charge is -2.35. The number of nitrogens with zero attached hydrogens (tertiary/aromatic N) is 3. The Morgan fingerprint density at radius 2 is 1.42 bits per heavy atom. The molecule has 3 rings (SSSR count). The van der Waals surface area contributed by atoms with Crippen LogP contribution in [0.3, 0.4) is 0 Å². The summed E-state index contributed by atoms with van der Waals surface area (Å²) in [4.78, 5) is 0.697. The smallest absolute Gasteiger partial charge is 0.249 e. The average molecular weight is 381 g/mol. The molecule has 2 aromatic carbocycles. The number of piperazine rings is 1. The van der Waals surface area contributed by atoms with E-state index in [0.29, 0.717) is 5.69 Å². The maximum absolute atomic E-state index is 13.9. The van der Waals surface area contributed by atoms with E-state index < -0.39 is 32.4 Å². The monoisotopic (exact) mass is 381 g/mol. The van der Waals surface area contributed by atoms with Crippen molar-refractivity contribution in [3.05, 3.63) is 59.4 Å². The van der Waals surface area contributed by atoms with Crippen LogP contribution in [0.5, 0.6) is 0 Å². The van der Waals surface area contributed by atoms with Crippen molar-refractivity contribution in [1.29, 1.82) is 5.26 Å². The van der Waals surface area contributed by atoms with E-state index in [1.807, 2.05) is 0 Å². The largest absolute Gasteiger partial charge is 0.368 e. The number of sulfonamides is 1. The lowest BCUT2D eigenvalue weighted by molar-refractivity contribution is 0.378. The number of benzene rings is 2. The number of hydrogen-bond acceptors (Lipinski definition) is 4. The standard InChI is InChI=1S/C17H14F3N3O2S/c18-13-3-2-6-16(12(13)11-21)22-7-9-23(10-8-22)26(24,25)17-14(19)4-1-5-15(17)20/h1-6H,7-10H2. The first-order valence-electron chi connectivity index (χ1n) is 7.74. The molecule has 0 bridgehead atoms. The van der Waals surface area contributed by atoms with Crippen LogP contribution >= 0.6 is 0 Å². The van der Waals surface area contributed by atoms with E-state index in [2.05, 4.69) is 0 Å². The molecule has 0 radical (unpaired) electrons. The van der Waals surface area contributed by atoms with Crippen molar-refractivity contribution in [3.63, 3.8) is 0 Å². The topological polar surface area (TPSA) is 64.4 Å². The van der Waals surface area contributed by atoms with Crippen molar-refractivity contribution in [2.24, 2.45) is 0 Å². The fourth-order valence-corrected chi connectivity index (χ4v) is 4.45. The molecule has 2 aromatic rings. The van der Waals surface area contributed by atoms with Gasteiger partial charge in [-0.3, -0.25) is 0 Å². The molecule has 0 saturated carbocycles. The Morgan fingerprint density at radius 1 is 0.885 bits per heavy atom. The molecule has 1 heterocycles. The third kappa shape index (κ3) is 3.13. The zero-order valence-corrected chi connectivity index (χ0v) is 14.3. The van der Waals surface area contributed by atoms with E-state index in [9.17, 15) is 21.6 Å². The minimum Gasteiger partial charge on any atom is -0.368 e. The van der Waals surface area contributed by atoms with E-state index in [4.69, 9.17) is 5.26 Å². The molecule has 0 aromatic heterocycles. The second-order valence-corrected chi connectivity index (χ2v) is 7.56. The van der Waals surface area contributed by atoms with Gasteiger partial charge in [0.1, 0.15) is 29.1 Å². The molecule has 1 fully saturated rings. The maximum atomic E-state index is 13.9. The number of halogens is 3. The molecule has 1 aliphatic heterocycles. The lowest BCUT2D eigenvalue weighted by atomic mass is 10.1. The SMILES string of the molecule is N#Cc1c(F)cccc1N1CCN(S(=O)(=O)c2c(F)cccc2F)CC1. The highest BCUT2D eigenvalue weighted by Gasteiger charge is 2.33. The quantitative estimate of drug-likeness (QED) is 0.820. The minimum absolute atomic E-state index is 0.0442. The normalized spacial score (nSPS) is 15.7. The van der Waals surface area contributed by atoms with Crippen LogP contribution < -0.4 is 4.90 Å². The molecule has 0 atom stereocenters. The first kappa shape index (κ1) is 18.2. The van der Waals surface area contributed by atoms with Crippen LogP contribution in [0.1, 0.15) is 5.56 Å². The average Bonchev–Trinajstić information content (AvgIpc) is 2.61. The van der Waals surface area contributed by atoms with Gasteiger partial charge in [-0.25, -0.2) is 21.6 Å². The van der Waals surface area contributed by atoms with Gasteiger partial charge in [-0.05, 0) is 24.3 Å². The van der Waals surface area contributed by atoms with Crippen molar-refractivity contribution in [3.8, 4) is 6.07 Å². The van der Waals surface area contributed by atoms with E-state index in [1.54, 1.807) is 17.0 Å². The van der Waals surface area contributed by atoms with Crippen LogP contribution in [-0.2, 0) is 10.0 Å². The molecule has 0 N–H and O–H groups in total. The molecular weight excluding hydrogens is 367 g/mol. The number of nitriles is 1. The molecule has 1 saturated heterocycles. The summed E-state index contributed by atoms with van der Waals surface area (Å²) in [5.74, 6) is -2.96. The fraction of sp³-hybridized carbons (Fsp3) is 0.235. The first-order valence-corrected chi connectivity index (χ1v) is 9.18. The Morgan fingerprint density at radius 3 is 2.00 bits per heavy atom. The second-order valence-electron chi connectivity index (χ2n) is 5.69. The summed E-state index contributed by atoms with van der Waals surface area (Å²) in [7, 11) is -4.34. The summed E-state index contributed by atoms with van der Waals surface area (Å²) in [6.07, 6.45) is 0. The summed E-state index contributed by atoms with van der Waals surface area (Å²) in [6, 6.07) is 8.87. The fourth-order valence-electron chi connectivity index (χ4n) is 2.91. The third-order valence-corrected chi connectivity index (χ3v) is 6.15. The second kappa shape index (κ2) is 6.97. The van der Waals surface area contributed by atoms with E-state index in [-0.39, 0.29) is 31.7 Å². The van der Waals surface area contributed by atoms with Crippen LogP contribution in [0.4, 0.5) is 18.9 Å². The molecule has 136 valence electrons. The van der Waals surface area contributed by atoms with E-state index >= 15 is 0 Å². The molecular formula is C17H14F3N3O2S. The van der Waals surface area contributed by atoms with Gasteiger partial charge in [-0.2, -0.15) is 9.57 Å². The van der Waals surface area contributed by atoms with Crippen LogP contribution in [0.25, 0.3) is 0 Å². The van der Waals surface area contributed by atoms with Gasteiger partial charge >= 0.3 is 0 Å². The Kier molecular flexibility index (Phi) is 4.89. The number of hydrogen-bond donors (Lipinski definition) is 0. The van der Waals surface area contributed by atoms with Gasteiger partial charge in [0.2, 0.25) is 10.0 Å². The summed E-state index contributed by atoms with van der Waals surface area (Å²) in [6.45, 7) is 0.232. The Balaban J connectivity index is 1.83. The third-order valence-electron chi connectivity index (χ3n) is 4.20. The first-order chi connectivity index (χ1) is 12.4. The van der Waals surface area contributed by atoms with Crippen LogP contribution in [0, 0.1) is 28.8 Å². The Bertz CT molecular complexity index is 961. The van der Waals surface area contributed by atoms with Crippen molar-refractivity contribution >= 4 is 15.7 Å². The number of anilines is 1. The van der Waals surface area contributed by atoms with Crippen molar-refractivity contribution in [2.45, 2.75) is 4.90 Å². The zero-order chi connectivity index (χ0) is 18.9. The molecule has 9 heteroatoms. The van der Waals surface area contributed by atoms with Gasteiger partial charge in [0.25, 0.3) is 0 Å². The highest BCUT2D eigenvalue weighted by Crippen LogP contribution is 2.27. The summed E-state index contributed by atoms with van der Waals surface area (Å²) in [5.41, 5.74) is 0.241. The van der Waals surface area contributed by atoms with Gasteiger partial charge in [-0.15, -0.1) is 0 Å². The number of rotatable bonds is 3. The summed E-state index contributed by atoms with van der Waals surface area (Å²) >= 11 is 0. The molecule has 0 amide bonds. The zero-order valence-electron chi connectivity index (χ0n) is 13.5. The Hall–Kier alpha value is -2.57. The van der Waals surface area contributed by atoms with Gasteiger partial charge in [-0.1, -0.05) is 12.1 Å². The van der Waals surface area contributed by atoms with Crippen molar-refractivity contribution in [1.82, 2.24) is 4.31 Å². The molecule has 0 aliphatic carbocycles. The van der Waals surface area contributed by atoms with Gasteiger partial charge in [0.05, 0.1) is 5.69 Å². The molecule has 0 unspecified atom stereocenters. The van der Waals surface area contributed by atoms with E-state index in [1.165, 1.54) is 12.1 Å². The minimum atomic E-state index is -4.34. The van der Waals surface area contributed by atoms with Crippen LogP contribution in [0.2, 0.25) is 0 Å². The highest BCUT2D eigenvalue weighted by atomic mass is 32.2. The van der Waals surface area contributed by atoms with Crippen LogP contribution in [-0.4, -0.2) is 38.9 Å². The maximum Gasteiger partial charge on any atom is 0.249 e. The van der Waals surface area contributed by atoms with E-state index in [0.717, 1.165) is 22.5 Å². The van der Waals surface area contributed by atoms with Gasteiger partial charge in [0.15, 0.2) is 4.90 Å². The highest BCUT2D eigenvalue weighted by molar-refractivity contribution is 7.89. The van der Waals surface area contributed by atoms with Crippen molar-refractivity contribution < 1.29 is 21.6 Å². The van der Waals surface area contributed by atoms with Crippen molar-refractivity contribution in [2.75, 3.05) is 31.1 Å². The van der Waals surface area contributed by atoms with Crippen LogP contribution in [0.15, 0.2) is 41.3 Å². The predicted octanol–water partition coefficient (Wildman–Crippen LogP) is 2.49. The Labute approximate surface area is 148 Å². The summed E-state index contributed by atoms with van der Waals surface area (Å²) in [5, 5.41) is 9.11. The lowest BCUT2D eigenvalue weighted by Crippen LogP contribution is -2.49. The molecule has 26 heavy (non-hydrogen) atoms. The molecule has 0 spiro atoms. The summed E-state index contributed by atoms with van der Waals surface area (Å²) < 4.78 is 67.6. The molecule has 1 aliphatic rings. The van der Waals surface area contributed by atoms with Gasteiger partial charge in [0, 0.05) is 26.2 Å². The molecule has 5 nitrogen and oxygen atoms in total. The van der Waals surface area contributed by atoms with Gasteiger partial charge < -0.3 is 4.90 Å². The predicted molar refractivity (Wildman–Crippen MR) is 88.4 cm³/mol.